The molecule has 1 aromatic carbocycles. The van der Waals surface area contributed by atoms with Crippen LogP contribution in [-0.4, -0.2) is 63.3 Å². The van der Waals surface area contributed by atoms with Gasteiger partial charge in [0.15, 0.2) is 5.65 Å². The predicted molar refractivity (Wildman–Crippen MR) is 112 cm³/mol. The van der Waals surface area contributed by atoms with Gasteiger partial charge >= 0.3 is 0 Å². The van der Waals surface area contributed by atoms with Crippen molar-refractivity contribution in [2.45, 2.75) is 19.3 Å². The third kappa shape index (κ3) is 3.55. The van der Waals surface area contributed by atoms with E-state index in [0.717, 1.165) is 61.6 Å². The second-order valence-corrected chi connectivity index (χ2v) is 7.85. The number of carbonyl (C=O) groups is 1. The molecule has 1 fully saturated rings. The van der Waals surface area contributed by atoms with Crippen LogP contribution >= 0.6 is 0 Å². The lowest BCUT2D eigenvalue weighted by atomic mass is 10.1. The Hall–Kier alpha value is -3.00. The Kier molecular flexibility index (Phi) is 4.63. The molecule has 1 saturated heterocycles. The van der Waals surface area contributed by atoms with Crippen LogP contribution in [0.2, 0.25) is 0 Å². The standard InChI is InChI=1S/C21H25N7O/c1-26-20-18(12-24-26)21(23-14-22-20)28-9-7-27(8-10-28)13-19(29)25-17-6-5-15-3-2-4-16(15)11-17/h5-6,11-12,14H,2-4,7-10,13H2,1H3,(H,25,29). The molecule has 2 aliphatic rings. The first-order valence-corrected chi connectivity index (χ1v) is 10.2. The van der Waals surface area contributed by atoms with Crippen LogP contribution in [0.4, 0.5) is 11.5 Å². The summed E-state index contributed by atoms with van der Waals surface area (Å²) in [5.74, 6) is 0.971. The van der Waals surface area contributed by atoms with E-state index in [1.165, 1.54) is 17.5 Å². The Morgan fingerprint density at radius 1 is 1.10 bits per heavy atom. The Bertz CT molecular complexity index is 1050. The van der Waals surface area contributed by atoms with Crippen LogP contribution < -0.4 is 10.2 Å². The number of aromatic nitrogens is 4. The lowest BCUT2D eigenvalue weighted by Gasteiger charge is -2.35. The fourth-order valence-corrected chi connectivity index (χ4v) is 4.37. The molecule has 8 heteroatoms. The van der Waals surface area contributed by atoms with Crippen molar-refractivity contribution in [1.82, 2.24) is 24.6 Å². The fourth-order valence-electron chi connectivity index (χ4n) is 4.37. The number of carbonyl (C=O) groups excluding carboxylic acids is 1. The van der Waals surface area contributed by atoms with Crippen molar-refractivity contribution in [2.24, 2.45) is 7.05 Å². The number of aryl methyl sites for hydroxylation is 3. The first-order chi connectivity index (χ1) is 14.2. The van der Waals surface area contributed by atoms with Gasteiger partial charge in [-0.05, 0) is 42.5 Å². The van der Waals surface area contributed by atoms with Crippen LogP contribution in [0.5, 0.6) is 0 Å². The Morgan fingerprint density at radius 2 is 1.93 bits per heavy atom. The zero-order valence-corrected chi connectivity index (χ0v) is 16.6. The first-order valence-electron chi connectivity index (χ1n) is 10.2. The average Bonchev–Trinajstić information content (AvgIpc) is 3.35. The number of anilines is 2. The maximum Gasteiger partial charge on any atom is 0.238 e. The molecular weight excluding hydrogens is 366 g/mol. The molecule has 5 rings (SSSR count). The van der Waals surface area contributed by atoms with Crippen LogP contribution in [0, 0.1) is 0 Å². The molecular formula is C21H25N7O. The van der Waals surface area contributed by atoms with Crippen LogP contribution in [0.15, 0.2) is 30.7 Å². The van der Waals surface area contributed by atoms with Crippen molar-refractivity contribution >= 4 is 28.4 Å². The summed E-state index contributed by atoms with van der Waals surface area (Å²) in [6.45, 7) is 3.71. The smallest absolute Gasteiger partial charge is 0.238 e. The molecule has 1 aliphatic carbocycles. The number of nitrogens with one attached hydrogen (secondary N) is 1. The first kappa shape index (κ1) is 18.1. The predicted octanol–water partition coefficient (Wildman–Crippen LogP) is 1.61. The number of hydrogen-bond donors (Lipinski definition) is 1. The third-order valence-corrected chi connectivity index (χ3v) is 5.93. The van der Waals surface area contributed by atoms with Gasteiger partial charge in [-0.15, -0.1) is 0 Å². The zero-order chi connectivity index (χ0) is 19.8. The molecule has 0 radical (unpaired) electrons. The van der Waals surface area contributed by atoms with Crippen molar-refractivity contribution in [2.75, 3.05) is 42.9 Å². The van der Waals surface area contributed by atoms with Gasteiger partial charge in [0, 0.05) is 38.9 Å². The summed E-state index contributed by atoms with van der Waals surface area (Å²) in [5.41, 5.74) is 4.55. The third-order valence-electron chi connectivity index (χ3n) is 5.93. The summed E-state index contributed by atoms with van der Waals surface area (Å²) in [7, 11) is 1.89. The van der Waals surface area contributed by atoms with E-state index in [2.05, 4.69) is 42.3 Å². The Morgan fingerprint density at radius 3 is 2.79 bits per heavy atom. The van der Waals surface area contributed by atoms with Gasteiger partial charge in [-0.2, -0.15) is 5.10 Å². The molecule has 1 aliphatic heterocycles. The van der Waals surface area contributed by atoms with Gasteiger partial charge in [0.1, 0.15) is 12.1 Å². The van der Waals surface area contributed by atoms with Crippen LogP contribution in [-0.2, 0) is 24.7 Å². The van der Waals surface area contributed by atoms with Gasteiger partial charge in [-0.25, -0.2) is 9.97 Å². The average molecular weight is 391 g/mol. The monoisotopic (exact) mass is 391 g/mol. The molecule has 3 heterocycles. The highest BCUT2D eigenvalue weighted by atomic mass is 16.2. The number of piperazine rings is 1. The maximum atomic E-state index is 12.5. The molecule has 8 nitrogen and oxygen atoms in total. The molecule has 1 N–H and O–H groups in total. The van der Waals surface area contributed by atoms with Crippen LogP contribution in [0.25, 0.3) is 11.0 Å². The minimum atomic E-state index is 0.0492. The van der Waals surface area contributed by atoms with Crippen molar-refractivity contribution in [1.29, 1.82) is 0 Å². The summed E-state index contributed by atoms with van der Waals surface area (Å²) in [6, 6.07) is 6.30. The number of amides is 1. The molecule has 29 heavy (non-hydrogen) atoms. The molecule has 0 atom stereocenters. The quantitative estimate of drug-likeness (QED) is 0.728. The fraction of sp³-hybridized carbons (Fsp3) is 0.429. The van der Waals surface area contributed by atoms with E-state index in [0.29, 0.717) is 6.54 Å². The topological polar surface area (TPSA) is 79.2 Å². The molecule has 0 bridgehead atoms. The maximum absolute atomic E-state index is 12.5. The molecule has 1 amide bonds. The highest BCUT2D eigenvalue weighted by Gasteiger charge is 2.22. The normalized spacial score (nSPS) is 16.9. The Labute approximate surface area is 169 Å². The molecule has 0 saturated carbocycles. The van der Waals surface area contributed by atoms with Crippen LogP contribution in [0.3, 0.4) is 0 Å². The summed E-state index contributed by atoms with van der Waals surface area (Å²) in [6.07, 6.45) is 6.91. The van der Waals surface area contributed by atoms with E-state index in [4.69, 9.17) is 0 Å². The summed E-state index contributed by atoms with van der Waals surface area (Å²) in [5, 5.41) is 8.32. The van der Waals surface area contributed by atoms with Gasteiger partial charge in [-0.3, -0.25) is 14.4 Å². The van der Waals surface area contributed by atoms with E-state index in [9.17, 15) is 4.79 Å². The lowest BCUT2D eigenvalue weighted by molar-refractivity contribution is -0.117. The number of fused-ring (bicyclic) bond motifs is 2. The van der Waals surface area contributed by atoms with Crippen molar-refractivity contribution < 1.29 is 4.79 Å². The largest absolute Gasteiger partial charge is 0.353 e. The minimum Gasteiger partial charge on any atom is -0.353 e. The molecule has 0 unspecified atom stereocenters. The SMILES string of the molecule is Cn1ncc2c(N3CCN(CC(=O)Nc4ccc5c(c4)CCC5)CC3)ncnc21. The molecule has 0 spiro atoms. The van der Waals surface area contributed by atoms with Crippen LogP contribution in [0.1, 0.15) is 17.5 Å². The number of benzene rings is 1. The summed E-state index contributed by atoms with van der Waals surface area (Å²) < 4.78 is 1.76. The minimum absolute atomic E-state index is 0.0492. The van der Waals surface area contributed by atoms with Crippen molar-refractivity contribution in [3.05, 3.63) is 41.9 Å². The van der Waals surface area contributed by atoms with Crippen molar-refractivity contribution in [3.63, 3.8) is 0 Å². The number of nitrogens with zero attached hydrogens (tertiary/aromatic N) is 6. The Balaban J connectivity index is 1.18. The highest BCUT2D eigenvalue weighted by molar-refractivity contribution is 5.92. The zero-order valence-electron chi connectivity index (χ0n) is 16.6. The van der Waals surface area contributed by atoms with Gasteiger partial charge in [-0.1, -0.05) is 6.07 Å². The second kappa shape index (κ2) is 7.44. The number of hydrogen-bond acceptors (Lipinski definition) is 6. The van der Waals surface area contributed by atoms with Gasteiger partial charge in [0.05, 0.1) is 18.1 Å². The highest BCUT2D eigenvalue weighted by Crippen LogP contribution is 2.25. The lowest BCUT2D eigenvalue weighted by Crippen LogP contribution is -2.49. The van der Waals surface area contributed by atoms with Gasteiger partial charge in [0.2, 0.25) is 5.91 Å². The van der Waals surface area contributed by atoms with E-state index in [-0.39, 0.29) is 5.91 Å². The molecule has 2 aromatic heterocycles. The molecule has 150 valence electrons. The van der Waals surface area contributed by atoms with E-state index in [1.807, 2.05) is 19.3 Å². The number of rotatable bonds is 4. The summed E-state index contributed by atoms with van der Waals surface area (Å²) in [4.78, 5) is 25.7. The van der Waals surface area contributed by atoms with Crippen molar-refractivity contribution in [3.8, 4) is 0 Å². The van der Waals surface area contributed by atoms with E-state index < -0.39 is 0 Å². The van der Waals surface area contributed by atoms with E-state index in [1.54, 1.807) is 11.0 Å². The summed E-state index contributed by atoms with van der Waals surface area (Å²) >= 11 is 0. The second-order valence-electron chi connectivity index (χ2n) is 7.85. The molecule has 3 aromatic rings. The van der Waals surface area contributed by atoms with Gasteiger partial charge in [0.25, 0.3) is 0 Å². The van der Waals surface area contributed by atoms with E-state index >= 15 is 0 Å². The van der Waals surface area contributed by atoms with Gasteiger partial charge < -0.3 is 10.2 Å².